The van der Waals surface area contributed by atoms with Crippen molar-refractivity contribution in [3.8, 4) is 5.75 Å². The van der Waals surface area contributed by atoms with Gasteiger partial charge in [-0.05, 0) is 55.4 Å². The number of ether oxygens (including phenoxy) is 2. The van der Waals surface area contributed by atoms with Gasteiger partial charge in [-0.25, -0.2) is 4.79 Å². The first kappa shape index (κ1) is 24.2. The monoisotopic (exact) mass is 492 g/mol. The average Bonchev–Trinajstić information content (AvgIpc) is 3.52. The molecule has 36 heavy (non-hydrogen) atoms. The lowest BCUT2D eigenvalue weighted by molar-refractivity contribution is -0.137. The second kappa shape index (κ2) is 10.3. The zero-order valence-corrected chi connectivity index (χ0v) is 20.5. The van der Waals surface area contributed by atoms with Crippen LogP contribution in [0.2, 0.25) is 0 Å². The zero-order chi connectivity index (χ0) is 25.1. The number of aromatic nitrogens is 1. The summed E-state index contributed by atoms with van der Waals surface area (Å²) in [6.07, 6.45) is 6.45. The zero-order valence-electron chi connectivity index (χ0n) is 20.5. The largest absolute Gasteiger partial charge is 0.497 e. The van der Waals surface area contributed by atoms with Crippen LogP contribution in [0.5, 0.6) is 5.75 Å². The number of amides is 4. The van der Waals surface area contributed by atoms with E-state index in [2.05, 4.69) is 10.3 Å². The number of rotatable bonds is 7. The highest BCUT2D eigenvalue weighted by atomic mass is 16.5. The van der Waals surface area contributed by atoms with Gasteiger partial charge in [0.05, 0.1) is 26.2 Å². The van der Waals surface area contributed by atoms with Crippen LogP contribution in [-0.4, -0.2) is 72.1 Å². The van der Waals surface area contributed by atoms with E-state index < -0.39 is 11.6 Å². The first-order valence-electron chi connectivity index (χ1n) is 12.6. The van der Waals surface area contributed by atoms with E-state index in [0.29, 0.717) is 44.5 Å². The van der Waals surface area contributed by atoms with Gasteiger partial charge in [0.25, 0.3) is 5.91 Å². The molecule has 3 aliphatic heterocycles. The van der Waals surface area contributed by atoms with Gasteiger partial charge in [-0.1, -0.05) is 18.2 Å². The minimum absolute atomic E-state index is 0.0407. The number of nitrogens with one attached hydrogen (secondary N) is 1. The standard InChI is InChI=1S/C27H32N4O5/c1-35-22-7-2-5-19(15-22)16-24(32)30-12-9-20(10-13-30)27(21-6-3-11-28-17-21)25(33)31(26(34)29-27)18-23-8-4-14-36-23/h2-3,5-7,11,15,17,20,23H,4,8-10,12-14,16,18H2,1H3,(H,29,34)/t23-,27+/m0/s1. The van der Waals surface area contributed by atoms with E-state index in [9.17, 15) is 14.4 Å². The molecule has 1 aromatic heterocycles. The van der Waals surface area contributed by atoms with Crippen LogP contribution in [0.3, 0.4) is 0 Å². The number of nitrogens with zero attached hydrogens (tertiary/aromatic N) is 3. The van der Waals surface area contributed by atoms with Gasteiger partial charge in [0.15, 0.2) is 5.54 Å². The van der Waals surface area contributed by atoms with Crippen LogP contribution in [0.1, 0.15) is 36.8 Å². The van der Waals surface area contributed by atoms with Crippen LogP contribution in [0.4, 0.5) is 4.79 Å². The van der Waals surface area contributed by atoms with Crippen LogP contribution >= 0.6 is 0 Å². The summed E-state index contributed by atoms with van der Waals surface area (Å²) in [4.78, 5) is 47.4. The van der Waals surface area contributed by atoms with Gasteiger partial charge in [-0.15, -0.1) is 0 Å². The molecule has 0 saturated carbocycles. The minimum atomic E-state index is -1.19. The summed E-state index contributed by atoms with van der Waals surface area (Å²) in [5, 5.41) is 3.05. The van der Waals surface area contributed by atoms with Gasteiger partial charge >= 0.3 is 6.03 Å². The molecule has 9 nitrogen and oxygen atoms in total. The normalized spacial score (nSPS) is 24.8. The van der Waals surface area contributed by atoms with Gasteiger partial charge in [-0.3, -0.25) is 19.5 Å². The Morgan fingerprint density at radius 1 is 1.19 bits per heavy atom. The summed E-state index contributed by atoms with van der Waals surface area (Å²) in [5.74, 6) is 0.352. The highest BCUT2D eigenvalue weighted by Gasteiger charge is 2.57. The maximum absolute atomic E-state index is 13.9. The fraction of sp³-hybridized carbons (Fsp3) is 0.481. The lowest BCUT2D eigenvalue weighted by atomic mass is 9.73. The Bertz CT molecular complexity index is 1110. The van der Waals surface area contributed by atoms with Crippen molar-refractivity contribution in [3.63, 3.8) is 0 Å². The van der Waals surface area contributed by atoms with Crippen LogP contribution in [0.25, 0.3) is 0 Å². The molecule has 2 aromatic rings. The highest BCUT2D eigenvalue weighted by Crippen LogP contribution is 2.41. The van der Waals surface area contributed by atoms with Crippen LogP contribution in [-0.2, 0) is 26.3 Å². The molecule has 4 heterocycles. The van der Waals surface area contributed by atoms with E-state index in [1.54, 1.807) is 25.6 Å². The van der Waals surface area contributed by atoms with Gasteiger partial charge in [-0.2, -0.15) is 0 Å². The third-order valence-corrected chi connectivity index (χ3v) is 7.61. The van der Waals surface area contributed by atoms with E-state index in [-0.39, 0.29) is 30.4 Å². The van der Waals surface area contributed by atoms with E-state index >= 15 is 0 Å². The van der Waals surface area contributed by atoms with E-state index in [0.717, 1.165) is 24.2 Å². The number of hydrogen-bond acceptors (Lipinski definition) is 6. The maximum Gasteiger partial charge on any atom is 0.325 e. The molecule has 3 saturated heterocycles. The van der Waals surface area contributed by atoms with Crippen molar-refractivity contribution >= 4 is 17.8 Å². The number of carbonyl (C=O) groups is 3. The molecule has 9 heteroatoms. The summed E-state index contributed by atoms with van der Waals surface area (Å²) >= 11 is 0. The van der Waals surface area contributed by atoms with Crippen molar-refractivity contribution in [1.82, 2.24) is 20.1 Å². The van der Waals surface area contributed by atoms with Gasteiger partial charge in [0.1, 0.15) is 5.75 Å². The van der Waals surface area contributed by atoms with E-state index in [1.807, 2.05) is 35.2 Å². The van der Waals surface area contributed by atoms with Gasteiger partial charge in [0, 0.05) is 37.7 Å². The molecule has 0 bridgehead atoms. The van der Waals surface area contributed by atoms with Crippen LogP contribution in [0.15, 0.2) is 48.8 Å². The van der Waals surface area contributed by atoms with Crippen molar-refractivity contribution in [2.24, 2.45) is 5.92 Å². The lowest BCUT2D eigenvalue weighted by Crippen LogP contribution is -2.54. The van der Waals surface area contributed by atoms with Gasteiger partial charge < -0.3 is 19.7 Å². The number of methoxy groups -OCH3 is 1. The molecule has 0 aliphatic carbocycles. The molecule has 0 spiro atoms. The number of likely N-dealkylation sites (tertiary alicyclic amines) is 1. The van der Waals surface area contributed by atoms with Crippen LogP contribution in [0, 0.1) is 5.92 Å². The average molecular weight is 493 g/mol. The Labute approximate surface area is 210 Å². The first-order chi connectivity index (χ1) is 17.5. The molecular weight excluding hydrogens is 460 g/mol. The number of hydrogen-bond donors (Lipinski definition) is 1. The highest BCUT2D eigenvalue weighted by molar-refractivity contribution is 6.07. The van der Waals surface area contributed by atoms with E-state index in [1.165, 1.54) is 4.90 Å². The molecule has 0 unspecified atom stereocenters. The fourth-order valence-electron chi connectivity index (χ4n) is 5.69. The van der Waals surface area contributed by atoms with E-state index in [4.69, 9.17) is 9.47 Å². The maximum atomic E-state index is 13.9. The number of pyridine rings is 1. The number of imide groups is 1. The number of piperidine rings is 1. The molecule has 3 fully saturated rings. The van der Waals surface area contributed by atoms with Crippen molar-refractivity contribution in [3.05, 3.63) is 59.9 Å². The molecule has 1 N–H and O–H groups in total. The quantitative estimate of drug-likeness (QED) is 0.596. The third-order valence-electron chi connectivity index (χ3n) is 7.61. The molecule has 5 rings (SSSR count). The molecule has 0 radical (unpaired) electrons. The molecular formula is C27H32N4O5. The number of urea groups is 1. The Kier molecular flexibility index (Phi) is 6.91. The predicted molar refractivity (Wildman–Crippen MR) is 131 cm³/mol. The Morgan fingerprint density at radius 3 is 2.72 bits per heavy atom. The van der Waals surface area contributed by atoms with Gasteiger partial charge in [0.2, 0.25) is 5.91 Å². The van der Waals surface area contributed by atoms with Crippen LogP contribution < -0.4 is 10.1 Å². The topological polar surface area (TPSA) is 101 Å². The van der Waals surface area contributed by atoms with Crippen molar-refractivity contribution in [2.45, 2.75) is 43.7 Å². The Balaban J connectivity index is 1.32. The number of carbonyl (C=O) groups excluding carboxylic acids is 3. The first-order valence-corrected chi connectivity index (χ1v) is 12.6. The Morgan fingerprint density at radius 2 is 2.03 bits per heavy atom. The second-order valence-corrected chi connectivity index (χ2v) is 9.71. The summed E-state index contributed by atoms with van der Waals surface area (Å²) in [7, 11) is 1.61. The van der Waals surface area contributed by atoms with Crippen molar-refractivity contribution in [2.75, 3.05) is 33.4 Å². The van der Waals surface area contributed by atoms with Crippen molar-refractivity contribution < 1.29 is 23.9 Å². The molecule has 4 amide bonds. The fourth-order valence-corrected chi connectivity index (χ4v) is 5.69. The smallest absolute Gasteiger partial charge is 0.325 e. The van der Waals surface area contributed by atoms with Crippen molar-refractivity contribution in [1.29, 1.82) is 0 Å². The molecule has 3 aliphatic rings. The number of benzene rings is 1. The summed E-state index contributed by atoms with van der Waals surface area (Å²) in [5.41, 5.74) is 0.391. The summed E-state index contributed by atoms with van der Waals surface area (Å²) < 4.78 is 11.0. The second-order valence-electron chi connectivity index (χ2n) is 9.71. The molecule has 190 valence electrons. The molecule has 2 atom stereocenters. The summed E-state index contributed by atoms with van der Waals surface area (Å²) in [6.45, 7) is 1.95. The Hall–Kier alpha value is -3.46. The lowest BCUT2D eigenvalue weighted by Gasteiger charge is -2.41. The SMILES string of the molecule is COc1cccc(CC(=O)N2CCC([C@]3(c4cccnc4)NC(=O)N(C[C@@H]4CCCO4)C3=O)CC2)c1. The summed E-state index contributed by atoms with van der Waals surface area (Å²) in [6, 6.07) is 10.8. The third kappa shape index (κ3) is 4.55. The minimum Gasteiger partial charge on any atom is -0.497 e. The predicted octanol–water partition coefficient (Wildman–Crippen LogP) is 2.50. The molecule has 1 aromatic carbocycles.